The van der Waals surface area contributed by atoms with Gasteiger partial charge in [0.15, 0.2) is 0 Å². The number of nitrogens with zero attached hydrogens (tertiary/aromatic N) is 1. The Morgan fingerprint density at radius 1 is 1.47 bits per heavy atom. The van der Waals surface area contributed by atoms with Crippen molar-refractivity contribution < 1.29 is 14.3 Å². The Morgan fingerprint density at radius 2 is 2.16 bits per heavy atom. The molecule has 2 amide bonds. The van der Waals surface area contributed by atoms with E-state index in [0.717, 1.165) is 6.42 Å². The van der Waals surface area contributed by atoms with Crippen LogP contribution in [0.2, 0.25) is 0 Å². The van der Waals surface area contributed by atoms with Gasteiger partial charge in [-0.05, 0) is 27.2 Å². The van der Waals surface area contributed by atoms with E-state index in [2.05, 4.69) is 5.32 Å². The molecule has 2 aliphatic heterocycles. The van der Waals surface area contributed by atoms with E-state index in [1.165, 1.54) is 0 Å². The fraction of sp³-hybridized carbons (Fsp3) is 0.833. The van der Waals surface area contributed by atoms with Crippen LogP contribution < -0.4 is 11.1 Å². The lowest BCUT2D eigenvalue weighted by Crippen LogP contribution is -2.49. The highest BCUT2D eigenvalue weighted by molar-refractivity contribution is 8.01. The van der Waals surface area contributed by atoms with Crippen molar-refractivity contribution in [1.82, 2.24) is 10.2 Å². The van der Waals surface area contributed by atoms with Crippen LogP contribution in [0, 0.1) is 0 Å². The predicted molar refractivity (Wildman–Crippen MR) is 73.7 cm³/mol. The lowest BCUT2D eigenvalue weighted by Gasteiger charge is -2.26. The molecule has 0 bridgehead atoms. The lowest BCUT2D eigenvalue weighted by atomic mass is 10.2. The molecule has 2 fully saturated rings. The van der Waals surface area contributed by atoms with Crippen LogP contribution in [0.4, 0.5) is 4.79 Å². The fourth-order valence-electron chi connectivity index (χ4n) is 2.30. The van der Waals surface area contributed by atoms with Gasteiger partial charge in [0.25, 0.3) is 0 Å². The van der Waals surface area contributed by atoms with E-state index in [9.17, 15) is 9.59 Å². The van der Waals surface area contributed by atoms with Gasteiger partial charge >= 0.3 is 6.09 Å². The Bertz CT molecular complexity index is 396. The van der Waals surface area contributed by atoms with Crippen LogP contribution in [0.15, 0.2) is 0 Å². The molecule has 0 aliphatic carbocycles. The van der Waals surface area contributed by atoms with Gasteiger partial charge in [-0.25, -0.2) is 4.79 Å². The molecule has 2 aliphatic rings. The summed E-state index contributed by atoms with van der Waals surface area (Å²) in [6.07, 6.45) is 0.509. The first-order valence-electron chi connectivity index (χ1n) is 6.40. The molecule has 0 saturated carbocycles. The summed E-state index contributed by atoms with van der Waals surface area (Å²) in [5.74, 6) is 0.331. The quantitative estimate of drug-likeness (QED) is 0.734. The summed E-state index contributed by atoms with van der Waals surface area (Å²) in [5, 5.41) is 3.25. The zero-order valence-corrected chi connectivity index (χ0v) is 12.4. The molecule has 1 unspecified atom stereocenters. The molecular weight excluding hydrogens is 266 g/mol. The number of ether oxygens (including phenoxy) is 1. The maximum atomic E-state index is 12.0. The van der Waals surface area contributed by atoms with Crippen LogP contribution >= 0.6 is 11.8 Å². The topological polar surface area (TPSA) is 84.7 Å². The summed E-state index contributed by atoms with van der Waals surface area (Å²) >= 11 is 1.67. The van der Waals surface area contributed by atoms with Crippen molar-refractivity contribution in [2.24, 2.45) is 5.73 Å². The molecule has 2 rings (SSSR count). The van der Waals surface area contributed by atoms with E-state index in [-0.39, 0.29) is 22.9 Å². The highest BCUT2D eigenvalue weighted by Gasteiger charge is 2.47. The van der Waals surface area contributed by atoms with E-state index in [1.807, 2.05) is 20.8 Å². The second kappa shape index (κ2) is 4.86. The minimum Gasteiger partial charge on any atom is -0.444 e. The molecule has 0 aromatic rings. The maximum absolute atomic E-state index is 12.0. The number of nitrogens with one attached hydrogen (secondary N) is 1. The standard InChI is InChI=1S/C12H21N3O3S/c1-11(2,3)18-10(17)15-5-4-12(7-15)14-8(6-19-12)9(13)16/h8,14H,4-7H2,1-3H3,(H2,13,16)/t8-,12?/m0/s1. The van der Waals surface area contributed by atoms with Crippen LogP contribution in [0.1, 0.15) is 27.2 Å². The summed E-state index contributed by atoms with van der Waals surface area (Å²) in [6.45, 7) is 6.74. The normalized spacial score (nSPS) is 30.9. The molecule has 1 spiro atoms. The van der Waals surface area contributed by atoms with Gasteiger partial charge in [0, 0.05) is 12.3 Å². The number of carbonyl (C=O) groups excluding carboxylic acids is 2. The van der Waals surface area contributed by atoms with Crippen molar-refractivity contribution in [1.29, 1.82) is 0 Å². The first-order valence-corrected chi connectivity index (χ1v) is 7.38. The Labute approximate surface area is 117 Å². The first-order chi connectivity index (χ1) is 8.71. The number of amides is 2. The fourth-order valence-corrected chi connectivity index (χ4v) is 3.74. The number of primary amides is 1. The summed E-state index contributed by atoms with van der Waals surface area (Å²) in [6, 6.07) is -0.302. The molecule has 3 N–H and O–H groups in total. The number of thioether (sulfide) groups is 1. The van der Waals surface area contributed by atoms with E-state index >= 15 is 0 Å². The zero-order valence-electron chi connectivity index (χ0n) is 11.6. The molecule has 0 radical (unpaired) electrons. The van der Waals surface area contributed by atoms with Gasteiger partial charge in [0.2, 0.25) is 5.91 Å². The van der Waals surface area contributed by atoms with E-state index in [1.54, 1.807) is 16.7 Å². The minimum atomic E-state index is -0.487. The van der Waals surface area contributed by atoms with Gasteiger partial charge in [-0.2, -0.15) is 0 Å². The minimum absolute atomic E-state index is 0.239. The summed E-state index contributed by atoms with van der Waals surface area (Å²) in [7, 11) is 0. The second-order valence-corrected chi connectivity index (χ2v) is 7.46. The average molecular weight is 287 g/mol. The Kier molecular flexibility index (Phi) is 3.70. The van der Waals surface area contributed by atoms with Gasteiger partial charge in [-0.15, -0.1) is 11.8 Å². The predicted octanol–water partition coefficient (Wildman–Crippen LogP) is 0.514. The lowest BCUT2D eigenvalue weighted by molar-refractivity contribution is -0.119. The molecular formula is C12H21N3O3S. The first kappa shape index (κ1) is 14.5. The van der Waals surface area contributed by atoms with Gasteiger partial charge in [0.1, 0.15) is 5.60 Å². The van der Waals surface area contributed by atoms with Crippen molar-refractivity contribution in [2.45, 2.75) is 43.7 Å². The highest BCUT2D eigenvalue weighted by Crippen LogP contribution is 2.38. The molecule has 19 heavy (non-hydrogen) atoms. The highest BCUT2D eigenvalue weighted by atomic mass is 32.2. The van der Waals surface area contributed by atoms with Gasteiger partial charge in [-0.3, -0.25) is 10.1 Å². The largest absolute Gasteiger partial charge is 0.444 e. The number of carbonyl (C=O) groups is 2. The van der Waals surface area contributed by atoms with Crippen molar-refractivity contribution in [3.63, 3.8) is 0 Å². The van der Waals surface area contributed by atoms with Gasteiger partial charge in [-0.1, -0.05) is 0 Å². The summed E-state index contributed by atoms with van der Waals surface area (Å²) < 4.78 is 5.36. The number of nitrogens with two attached hydrogens (primary N) is 1. The van der Waals surface area contributed by atoms with Crippen molar-refractivity contribution in [3.05, 3.63) is 0 Å². The third kappa shape index (κ3) is 3.33. The molecule has 108 valence electrons. The zero-order chi connectivity index (χ0) is 14.3. The van der Waals surface area contributed by atoms with E-state index < -0.39 is 5.60 Å². The molecule has 2 heterocycles. The number of likely N-dealkylation sites (tertiary alicyclic amines) is 1. The third-order valence-electron chi connectivity index (χ3n) is 3.19. The number of hydrogen-bond acceptors (Lipinski definition) is 5. The SMILES string of the molecule is CC(C)(C)OC(=O)N1CCC2(C1)N[C@H](C(N)=O)CS2. The van der Waals surface area contributed by atoms with Crippen molar-refractivity contribution >= 4 is 23.8 Å². The maximum Gasteiger partial charge on any atom is 0.410 e. The summed E-state index contributed by atoms with van der Waals surface area (Å²) in [4.78, 5) is 24.6. The van der Waals surface area contributed by atoms with E-state index in [4.69, 9.17) is 10.5 Å². The molecule has 7 heteroatoms. The molecule has 2 atom stereocenters. The second-order valence-electron chi connectivity index (χ2n) is 6.06. The number of hydrogen-bond donors (Lipinski definition) is 2. The van der Waals surface area contributed by atoms with Crippen molar-refractivity contribution in [3.8, 4) is 0 Å². The monoisotopic (exact) mass is 287 g/mol. The van der Waals surface area contributed by atoms with Gasteiger partial charge in [0.05, 0.1) is 17.5 Å². The van der Waals surface area contributed by atoms with Crippen LogP contribution in [-0.2, 0) is 9.53 Å². The molecule has 0 aromatic carbocycles. The average Bonchev–Trinajstić information content (AvgIpc) is 2.85. The van der Waals surface area contributed by atoms with Crippen molar-refractivity contribution in [2.75, 3.05) is 18.8 Å². The Balaban J connectivity index is 1.93. The molecule has 6 nitrogen and oxygen atoms in total. The smallest absolute Gasteiger partial charge is 0.410 e. The van der Waals surface area contributed by atoms with Crippen LogP contribution in [0.5, 0.6) is 0 Å². The number of rotatable bonds is 1. The molecule has 2 saturated heterocycles. The van der Waals surface area contributed by atoms with Crippen LogP contribution in [-0.4, -0.2) is 52.3 Å². The Morgan fingerprint density at radius 3 is 2.68 bits per heavy atom. The third-order valence-corrected chi connectivity index (χ3v) is 4.69. The van der Waals surface area contributed by atoms with E-state index in [0.29, 0.717) is 18.8 Å². The Hall–Kier alpha value is -0.950. The summed E-state index contributed by atoms with van der Waals surface area (Å²) in [5.41, 5.74) is 4.82. The van der Waals surface area contributed by atoms with Crippen LogP contribution in [0.25, 0.3) is 0 Å². The molecule has 0 aromatic heterocycles. The van der Waals surface area contributed by atoms with Gasteiger partial charge < -0.3 is 15.4 Å². The van der Waals surface area contributed by atoms with Crippen LogP contribution in [0.3, 0.4) is 0 Å².